The Morgan fingerprint density at radius 2 is 1.85 bits per heavy atom. The maximum absolute atomic E-state index is 13.2. The SMILES string of the molecule is Fc1ccc(Cc2nc(CSc3nc(-c4ccccc4)cs3)cs2)c(Cl)c1. The number of aromatic nitrogens is 2. The van der Waals surface area contributed by atoms with Gasteiger partial charge >= 0.3 is 0 Å². The molecule has 0 atom stereocenters. The molecular weight excluding hydrogens is 419 g/mol. The molecule has 0 unspecified atom stereocenters. The Balaban J connectivity index is 1.38. The number of nitrogens with zero attached hydrogens (tertiary/aromatic N) is 2. The van der Waals surface area contributed by atoms with Crippen molar-refractivity contribution in [3.63, 3.8) is 0 Å². The van der Waals surface area contributed by atoms with E-state index in [0.717, 1.165) is 37.6 Å². The van der Waals surface area contributed by atoms with E-state index in [4.69, 9.17) is 16.6 Å². The quantitative estimate of drug-likeness (QED) is 0.308. The highest BCUT2D eigenvalue weighted by Crippen LogP contribution is 2.31. The minimum absolute atomic E-state index is 0.321. The van der Waals surface area contributed by atoms with E-state index in [1.807, 2.05) is 18.2 Å². The van der Waals surface area contributed by atoms with Gasteiger partial charge in [-0.15, -0.1) is 22.7 Å². The largest absolute Gasteiger partial charge is 0.245 e. The van der Waals surface area contributed by atoms with Crippen molar-refractivity contribution in [2.24, 2.45) is 0 Å². The molecule has 2 nitrogen and oxygen atoms in total. The van der Waals surface area contributed by atoms with Gasteiger partial charge in [0.25, 0.3) is 0 Å². The van der Waals surface area contributed by atoms with Crippen molar-refractivity contribution < 1.29 is 4.39 Å². The van der Waals surface area contributed by atoms with Crippen LogP contribution in [0.15, 0.2) is 63.6 Å². The van der Waals surface area contributed by atoms with E-state index in [0.29, 0.717) is 11.4 Å². The molecule has 0 spiro atoms. The fourth-order valence-electron chi connectivity index (χ4n) is 2.53. The third-order valence-electron chi connectivity index (χ3n) is 3.85. The second-order valence-corrected chi connectivity index (χ2v) is 9.23. The first-order valence-corrected chi connectivity index (χ1v) is 11.3. The lowest BCUT2D eigenvalue weighted by Crippen LogP contribution is -1.90. The fraction of sp³-hybridized carbons (Fsp3) is 0.100. The van der Waals surface area contributed by atoms with Crippen LogP contribution in [0.1, 0.15) is 16.3 Å². The van der Waals surface area contributed by atoms with E-state index in [1.165, 1.54) is 12.1 Å². The van der Waals surface area contributed by atoms with Gasteiger partial charge in [-0.25, -0.2) is 14.4 Å². The zero-order chi connectivity index (χ0) is 18.6. The molecule has 7 heteroatoms. The Labute approximate surface area is 174 Å². The predicted molar refractivity (Wildman–Crippen MR) is 113 cm³/mol. The van der Waals surface area contributed by atoms with Crippen molar-refractivity contribution in [2.45, 2.75) is 16.5 Å². The summed E-state index contributed by atoms with van der Waals surface area (Å²) in [5, 5.41) is 5.56. The van der Waals surface area contributed by atoms with Gasteiger partial charge in [-0.1, -0.05) is 59.8 Å². The lowest BCUT2D eigenvalue weighted by Gasteiger charge is -2.01. The van der Waals surface area contributed by atoms with E-state index in [2.05, 4.69) is 27.9 Å². The Morgan fingerprint density at radius 1 is 1.00 bits per heavy atom. The number of thioether (sulfide) groups is 1. The van der Waals surface area contributed by atoms with Gasteiger partial charge in [0, 0.05) is 33.5 Å². The fourth-order valence-corrected chi connectivity index (χ4v) is 5.41. The zero-order valence-corrected chi connectivity index (χ0v) is 17.3. The Kier molecular flexibility index (Phi) is 5.88. The average molecular weight is 433 g/mol. The highest BCUT2D eigenvalue weighted by Gasteiger charge is 2.09. The van der Waals surface area contributed by atoms with Gasteiger partial charge < -0.3 is 0 Å². The molecular formula is C20H14ClFN2S3. The minimum atomic E-state index is -0.321. The molecule has 2 aromatic heterocycles. The van der Waals surface area contributed by atoms with Crippen molar-refractivity contribution in [3.8, 4) is 11.3 Å². The van der Waals surface area contributed by atoms with Gasteiger partial charge in [0.1, 0.15) is 5.82 Å². The summed E-state index contributed by atoms with van der Waals surface area (Å²) in [6, 6.07) is 14.7. The van der Waals surface area contributed by atoms with E-state index in [9.17, 15) is 4.39 Å². The molecule has 136 valence electrons. The number of halogens is 2. The molecule has 0 saturated carbocycles. The van der Waals surface area contributed by atoms with E-state index in [1.54, 1.807) is 40.5 Å². The Morgan fingerprint density at radius 3 is 2.67 bits per heavy atom. The van der Waals surface area contributed by atoms with Gasteiger partial charge in [-0.05, 0) is 17.7 Å². The van der Waals surface area contributed by atoms with E-state index < -0.39 is 0 Å². The predicted octanol–water partition coefficient (Wildman–Crippen LogP) is 6.94. The normalized spacial score (nSPS) is 11.0. The average Bonchev–Trinajstić information content (AvgIpc) is 3.32. The molecule has 4 rings (SSSR count). The van der Waals surface area contributed by atoms with Crippen molar-refractivity contribution >= 4 is 46.0 Å². The molecule has 0 aliphatic heterocycles. The van der Waals surface area contributed by atoms with E-state index in [-0.39, 0.29) is 5.82 Å². The zero-order valence-electron chi connectivity index (χ0n) is 14.1. The minimum Gasteiger partial charge on any atom is -0.245 e. The van der Waals surface area contributed by atoms with Crippen LogP contribution in [0.5, 0.6) is 0 Å². The van der Waals surface area contributed by atoms with Crippen LogP contribution in [0.2, 0.25) is 5.02 Å². The highest BCUT2D eigenvalue weighted by molar-refractivity contribution is 8.00. The van der Waals surface area contributed by atoms with Crippen LogP contribution in [0.3, 0.4) is 0 Å². The highest BCUT2D eigenvalue weighted by atomic mass is 35.5. The molecule has 0 aliphatic rings. The van der Waals surface area contributed by atoms with Crippen LogP contribution < -0.4 is 0 Å². The summed E-state index contributed by atoms with van der Waals surface area (Å²) in [6.07, 6.45) is 0.615. The van der Waals surface area contributed by atoms with Crippen molar-refractivity contribution in [1.29, 1.82) is 0 Å². The number of hydrogen-bond acceptors (Lipinski definition) is 5. The molecule has 0 fully saturated rings. The maximum Gasteiger partial charge on any atom is 0.150 e. The van der Waals surface area contributed by atoms with Crippen LogP contribution in [-0.2, 0) is 12.2 Å². The third kappa shape index (κ3) is 4.76. The molecule has 0 radical (unpaired) electrons. The molecule has 2 heterocycles. The number of benzene rings is 2. The van der Waals surface area contributed by atoms with Crippen LogP contribution in [-0.4, -0.2) is 9.97 Å². The van der Waals surface area contributed by atoms with E-state index >= 15 is 0 Å². The molecule has 4 aromatic rings. The summed E-state index contributed by atoms with van der Waals surface area (Å²) in [4.78, 5) is 9.37. The topological polar surface area (TPSA) is 25.8 Å². The number of hydrogen-bond donors (Lipinski definition) is 0. The molecule has 0 amide bonds. The summed E-state index contributed by atoms with van der Waals surface area (Å²) in [7, 11) is 0. The molecule has 0 N–H and O–H groups in total. The first-order valence-electron chi connectivity index (χ1n) is 8.18. The van der Waals surface area contributed by atoms with Gasteiger partial charge in [0.2, 0.25) is 0 Å². The van der Waals surface area contributed by atoms with Gasteiger partial charge in [0.05, 0.1) is 16.4 Å². The summed E-state index contributed by atoms with van der Waals surface area (Å²) in [5.41, 5.74) is 4.05. The van der Waals surface area contributed by atoms with Crippen LogP contribution in [0.4, 0.5) is 4.39 Å². The van der Waals surface area contributed by atoms with Crippen LogP contribution >= 0.6 is 46.0 Å². The Hall–Kier alpha value is -1.73. The lowest BCUT2D eigenvalue weighted by molar-refractivity contribution is 0.627. The van der Waals surface area contributed by atoms with Gasteiger partial charge in [-0.2, -0.15) is 0 Å². The molecule has 0 bridgehead atoms. The molecule has 0 aliphatic carbocycles. The Bertz CT molecular complexity index is 1050. The molecule has 0 saturated heterocycles. The second-order valence-electron chi connectivity index (χ2n) is 5.80. The standard InChI is InChI=1S/C20H14ClFN2S3/c21-17-9-15(22)7-6-14(17)8-19-23-16(10-25-19)11-26-20-24-18(12-27-20)13-4-2-1-3-5-13/h1-7,9-10,12H,8,11H2. The van der Waals surface area contributed by atoms with Crippen LogP contribution in [0, 0.1) is 5.82 Å². The first-order chi connectivity index (χ1) is 13.2. The van der Waals surface area contributed by atoms with Crippen molar-refractivity contribution in [1.82, 2.24) is 9.97 Å². The second kappa shape index (κ2) is 8.52. The summed E-state index contributed by atoms with van der Waals surface area (Å²) in [6.45, 7) is 0. The molecule has 27 heavy (non-hydrogen) atoms. The number of thiazole rings is 2. The molecule has 2 aromatic carbocycles. The third-order valence-corrected chi connectivity index (χ3v) is 7.16. The maximum atomic E-state index is 13.2. The van der Waals surface area contributed by atoms with Crippen LogP contribution in [0.25, 0.3) is 11.3 Å². The lowest BCUT2D eigenvalue weighted by atomic mass is 10.1. The van der Waals surface area contributed by atoms with Gasteiger partial charge in [0.15, 0.2) is 4.34 Å². The van der Waals surface area contributed by atoms with Crippen molar-refractivity contribution in [3.05, 3.63) is 86.4 Å². The van der Waals surface area contributed by atoms with Gasteiger partial charge in [-0.3, -0.25) is 0 Å². The smallest absolute Gasteiger partial charge is 0.150 e. The van der Waals surface area contributed by atoms with Crippen molar-refractivity contribution in [2.75, 3.05) is 0 Å². The summed E-state index contributed by atoms with van der Waals surface area (Å²) in [5.74, 6) is 0.452. The number of rotatable bonds is 6. The summed E-state index contributed by atoms with van der Waals surface area (Å²) >= 11 is 11.0. The monoisotopic (exact) mass is 432 g/mol. The first kappa shape index (κ1) is 18.6. The summed E-state index contributed by atoms with van der Waals surface area (Å²) < 4.78 is 14.2.